The Kier molecular flexibility index (Phi) is 6.64. The first-order valence-corrected chi connectivity index (χ1v) is 9.51. The van der Waals surface area contributed by atoms with Gasteiger partial charge >= 0.3 is 0 Å². The van der Waals surface area contributed by atoms with E-state index in [9.17, 15) is 23.3 Å². The minimum Gasteiger partial charge on any atom is -0.379 e. The highest BCUT2D eigenvalue weighted by atomic mass is 32.2. The molecule has 10 nitrogen and oxygen atoms in total. The zero-order chi connectivity index (χ0) is 19.3. The van der Waals surface area contributed by atoms with Gasteiger partial charge in [0, 0.05) is 46.3 Å². The first kappa shape index (κ1) is 20.2. The van der Waals surface area contributed by atoms with Crippen molar-refractivity contribution >= 4 is 21.6 Å². The van der Waals surface area contributed by atoms with E-state index in [2.05, 4.69) is 4.72 Å². The molecule has 1 amide bonds. The van der Waals surface area contributed by atoms with Gasteiger partial charge in [0.15, 0.2) is 0 Å². The molecule has 1 fully saturated rings. The van der Waals surface area contributed by atoms with Gasteiger partial charge in [-0.1, -0.05) is 6.07 Å². The lowest BCUT2D eigenvalue weighted by molar-refractivity contribution is -0.385. The molecule has 1 saturated heterocycles. The highest BCUT2D eigenvalue weighted by Gasteiger charge is 2.31. The average molecular weight is 386 g/mol. The molecule has 11 heteroatoms. The van der Waals surface area contributed by atoms with Crippen molar-refractivity contribution in [3.05, 3.63) is 33.9 Å². The van der Waals surface area contributed by atoms with Crippen molar-refractivity contribution in [3.63, 3.8) is 0 Å². The van der Waals surface area contributed by atoms with Gasteiger partial charge in [0.25, 0.3) is 11.6 Å². The topological polar surface area (TPSA) is 122 Å². The number of nitro groups is 1. The van der Waals surface area contributed by atoms with Crippen molar-refractivity contribution in [1.82, 2.24) is 14.5 Å². The van der Waals surface area contributed by atoms with Crippen LogP contribution in [0.5, 0.6) is 0 Å². The number of hydrogen-bond donors (Lipinski definition) is 1. The Hall–Kier alpha value is -2.08. The average Bonchev–Trinajstić information content (AvgIpc) is 2.61. The maximum atomic E-state index is 12.6. The molecule has 0 unspecified atom stereocenters. The minimum absolute atomic E-state index is 0.126. The number of nitro benzene ring substituents is 1. The molecule has 1 aromatic carbocycles. The van der Waals surface area contributed by atoms with E-state index in [0.717, 1.165) is 11.0 Å². The normalized spacial score (nSPS) is 15.6. The second-order valence-corrected chi connectivity index (χ2v) is 7.69. The number of nitrogens with zero attached hydrogens (tertiary/aromatic N) is 3. The van der Waals surface area contributed by atoms with Crippen LogP contribution < -0.4 is 4.72 Å². The van der Waals surface area contributed by atoms with Crippen molar-refractivity contribution in [2.24, 2.45) is 0 Å². The first-order chi connectivity index (χ1) is 12.2. The maximum Gasteiger partial charge on any atom is 0.283 e. The summed E-state index contributed by atoms with van der Waals surface area (Å²) in [5.41, 5.74) is -0.985. The minimum atomic E-state index is -4.09. The van der Waals surface area contributed by atoms with Crippen LogP contribution in [0.4, 0.5) is 5.69 Å². The van der Waals surface area contributed by atoms with E-state index in [1.807, 2.05) is 4.90 Å². The van der Waals surface area contributed by atoms with E-state index in [0.29, 0.717) is 32.8 Å². The summed E-state index contributed by atoms with van der Waals surface area (Å²) < 4.78 is 32.9. The Morgan fingerprint density at radius 3 is 2.58 bits per heavy atom. The molecule has 1 heterocycles. The lowest BCUT2D eigenvalue weighted by atomic mass is 10.1. The van der Waals surface area contributed by atoms with Crippen molar-refractivity contribution in [2.75, 3.05) is 53.5 Å². The third kappa shape index (κ3) is 4.75. The molecule has 0 radical (unpaired) electrons. The van der Waals surface area contributed by atoms with Crippen LogP contribution >= 0.6 is 0 Å². The number of benzene rings is 1. The highest BCUT2D eigenvalue weighted by molar-refractivity contribution is 7.89. The fourth-order valence-electron chi connectivity index (χ4n) is 2.57. The Morgan fingerprint density at radius 2 is 2.00 bits per heavy atom. The number of hydrogen-bond acceptors (Lipinski definition) is 7. The van der Waals surface area contributed by atoms with Crippen molar-refractivity contribution in [3.8, 4) is 0 Å². The molecule has 1 N–H and O–H groups in total. The Balaban J connectivity index is 2.25. The number of nitrogens with one attached hydrogen (secondary N) is 1. The molecule has 0 aromatic heterocycles. The second-order valence-electron chi connectivity index (χ2n) is 5.96. The predicted octanol–water partition coefficient (Wildman–Crippen LogP) is -0.0929. The number of carbonyl (C=O) groups is 1. The molecule has 0 saturated carbocycles. The number of morpholine rings is 1. The summed E-state index contributed by atoms with van der Waals surface area (Å²) in [6.45, 7) is 3.22. The van der Waals surface area contributed by atoms with Gasteiger partial charge in [-0.25, -0.2) is 13.1 Å². The van der Waals surface area contributed by atoms with E-state index in [4.69, 9.17) is 4.74 Å². The van der Waals surface area contributed by atoms with Crippen molar-refractivity contribution in [2.45, 2.75) is 4.90 Å². The number of amides is 1. The lowest BCUT2D eigenvalue weighted by Gasteiger charge is -2.26. The summed E-state index contributed by atoms with van der Waals surface area (Å²) in [5, 5.41) is 11.2. The Morgan fingerprint density at radius 1 is 1.35 bits per heavy atom. The van der Waals surface area contributed by atoms with E-state index >= 15 is 0 Å². The smallest absolute Gasteiger partial charge is 0.283 e. The molecule has 0 spiro atoms. The fraction of sp³-hybridized carbons (Fsp3) is 0.533. The molecule has 2 rings (SSSR count). The van der Waals surface area contributed by atoms with Crippen LogP contribution in [-0.4, -0.2) is 82.5 Å². The Labute approximate surface area is 151 Å². The van der Waals surface area contributed by atoms with Crippen LogP contribution in [0.3, 0.4) is 0 Å². The number of sulfonamides is 1. The zero-order valence-electron chi connectivity index (χ0n) is 14.7. The van der Waals surface area contributed by atoms with Crippen LogP contribution in [0.2, 0.25) is 0 Å². The lowest BCUT2D eigenvalue weighted by Crippen LogP contribution is -2.41. The van der Waals surface area contributed by atoms with Crippen LogP contribution in [0, 0.1) is 10.1 Å². The van der Waals surface area contributed by atoms with Crippen LogP contribution in [-0.2, 0) is 14.8 Å². The molecular formula is C15H22N4O6S. The van der Waals surface area contributed by atoms with E-state index < -0.39 is 37.0 Å². The van der Waals surface area contributed by atoms with Crippen LogP contribution in [0.25, 0.3) is 0 Å². The molecule has 144 valence electrons. The third-order valence-electron chi connectivity index (χ3n) is 3.93. The summed E-state index contributed by atoms with van der Waals surface area (Å²) in [6.07, 6.45) is 0. The van der Waals surface area contributed by atoms with E-state index in [1.165, 1.54) is 26.2 Å². The number of carbonyl (C=O) groups excluding carboxylic acids is 1. The van der Waals surface area contributed by atoms with Gasteiger partial charge in [-0.05, 0) is 6.07 Å². The van der Waals surface area contributed by atoms with Gasteiger partial charge in [-0.2, -0.15) is 0 Å². The van der Waals surface area contributed by atoms with Crippen molar-refractivity contribution < 1.29 is 22.9 Å². The van der Waals surface area contributed by atoms with Gasteiger partial charge in [0.1, 0.15) is 10.5 Å². The summed E-state index contributed by atoms with van der Waals surface area (Å²) >= 11 is 0. The maximum absolute atomic E-state index is 12.6. The summed E-state index contributed by atoms with van der Waals surface area (Å²) in [7, 11) is -1.28. The first-order valence-electron chi connectivity index (χ1n) is 8.03. The highest BCUT2D eigenvalue weighted by Crippen LogP contribution is 2.26. The van der Waals surface area contributed by atoms with E-state index in [-0.39, 0.29) is 6.54 Å². The molecule has 1 aliphatic heterocycles. The molecular weight excluding hydrogens is 364 g/mol. The van der Waals surface area contributed by atoms with Gasteiger partial charge in [-0.15, -0.1) is 0 Å². The van der Waals surface area contributed by atoms with Gasteiger partial charge in [0.2, 0.25) is 10.0 Å². The zero-order valence-corrected chi connectivity index (χ0v) is 15.5. The number of ether oxygens (including phenoxy) is 1. The standard InChI is InChI=1S/C15H22N4O6S/c1-17(2)15(20)14-12(19(21)22)4-3-5-13(14)26(23,24)16-6-7-18-8-10-25-11-9-18/h3-5,16H,6-11H2,1-2H3. The molecule has 0 bridgehead atoms. The molecule has 1 aromatic rings. The Bertz CT molecular complexity index is 774. The van der Waals surface area contributed by atoms with Crippen LogP contribution in [0.1, 0.15) is 10.4 Å². The quantitative estimate of drug-likeness (QED) is 0.513. The molecule has 1 aliphatic rings. The molecule has 0 atom stereocenters. The van der Waals surface area contributed by atoms with Crippen molar-refractivity contribution in [1.29, 1.82) is 0 Å². The third-order valence-corrected chi connectivity index (χ3v) is 5.44. The van der Waals surface area contributed by atoms with Crippen LogP contribution in [0.15, 0.2) is 23.1 Å². The molecule has 26 heavy (non-hydrogen) atoms. The number of rotatable bonds is 7. The second kappa shape index (κ2) is 8.54. The van der Waals surface area contributed by atoms with Gasteiger partial charge in [0.05, 0.1) is 18.1 Å². The van der Waals surface area contributed by atoms with Gasteiger partial charge in [-0.3, -0.25) is 19.8 Å². The monoisotopic (exact) mass is 386 g/mol. The SMILES string of the molecule is CN(C)C(=O)c1c([N+](=O)[O-])cccc1S(=O)(=O)NCCN1CCOCC1. The molecule has 0 aliphatic carbocycles. The summed E-state index contributed by atoms with van der Waals surface area (Å²) in [5.74, 6) is -0.745. The summed E-state index contributed by atoms with van der Waals surface area (Å²) in [6, 6.07) is 3.56. The van der Waals surface area contributed by atoms with Gasteiger partial charge < -0.3 is 9.64 Å². The summed E-state index contributed by atoms with van der Waals surface area (Å²) in [4.78, 5) is 25.6. The predicted molar refractivity (Wildman–Crippen MR) is 93.6 cm³/mol. The van der Waals surface area contributed by atoms with E-state index in [1.54, 1.807) is 0 Å². The largest absolute Gasteiger partial charge is 0.379 e. The fourth-order valence-corrected chi connectivity index (χ4v) is 3.81.